The number of hydrogen-bond acceptors (Lipinski definition) is 3. The van der Waals surface area contributed by atoms with Gasteiger partial charge in [0.1, 0.15) is 0 Å². The molecule has 3 rings (SSSR count). The van der Waals surface area contributed by atoms with Crippen molar-refractivity contribution in [3.05, 3.63) is 51.2 Å². The Balaban J connectivity index is 2.01. The van der Waals surface area contributed by atoms with E-state index in [-0.39, 0.29) is 16.7 Å². The monoisotopic (exact) mass is 289 g/mol. The molecular weight excluding hydrogens is 274 g/mol. The molecule has 2 aliphatic rings. The summed E-state index contributed by atoms with van der Waals surface area (Å²) in [5.41, 5.74) is 3.49. The van der Waals surface area contributed by atoms with Gasteiger partial charge in [-0.25, -0.2) is 0 Å². The average Bonchev–Trinajstić information content (AvgIpc) is 2.46. The number of nitrogens with one attached hydrogen (secondary N) is 2. The van der Waals surface area contributed by atoms with Gasteiger partial charge in [0, 0.05) is 17.8 Å². The zero-order chi connectivity index (χ0) is 14.1. The van der Waals surface area contributed by atoms with Gasteiger partial charge in [-0.05, 0) is 49.0 Å². The number of nitrogens with zero attached hydrogens (tertiary/aromatic N) is 1. The quantitative estimate of drug-likeness (QED) is 0.498. The summed E-state index contributed by atoms with van der Waals surface area (Å²) in [7, 11) is 0. The molecule has 1 unspecified atom stereocenters. The lowest BCUT2D eigenvalue weighted by atomic mass is 9.86. The average molecular weight is 289 g/mol. The molecule has 1 atom stereocenters. The molecule has 20 heavy (non-hydrogen) atoms. The maximum Gasteiger partial charge on any atom is 0.269 e. The van der Waals surface area contributed by atoms with Crippen LogP contribution in [0.4, 0.5) is 5.69 Å². The molecule has 0 fully saturated rings. The summed E-state index contributed by atoms with van der Waals surface area (Å²) in [6, 6.07) is 6.74. The molecule has 2 N–H and O–H groups in total. The maximum atomic E-state index is 10.9. The van der Waals surface area contributed by atoms with Crippen molar-refractivity contribution in [3.8, 4) is 0 Å². The second-order valence-electron chi connectivity index (χ2n) is 5.09. The summed E-state index contributed by atoms with van der Waals surface area (Å²) in [6.45, 7) is 0. The highest BCUT2D eigenvalue weighted by molar-refractivity contribution is 7.80. The Kier molecular flexibility index (Phi) is 3.40. The zero-order valence-electron chi connectivity index (χ0n) is 10.9. The second-order valence-corrected chi connectivity index (χ2v) is 5.50. The van der Waals surface area contributed by atoms with Gasteiger partial charge in [0.05, 0.1) is 11.0 Å². The third-order valence-electron chi connectivity index (χ3n) is 3.81. The number of benzene rings is 1. The van der Waals surface area contributed by atoms with Crippen LogP contribution >= 0.6 is 12.2 Å². The molecule has 0 aromatic heterocycles. The first-order chi connectivity index (χ1) is 9.65. The fraction of sp³-hybridized carbons (Fsp3) is 0.357. The lowest BCUT2D eigenvalue weighted by molar-refractivity contribution is -0.384. The predicted octanol–water partition coefficient (Wildman–Crippen LogP) is 2.94. The van der Waals surface area contributed by atoms with E-state index in [4.69, 9.17) is 12.2 Å². The van der Waals surface area contributed by atoms with E-state index in [1.54, 1.807) is 12.1 Å². The van der Waals surface area contributed by atoms with Crippen LogP contribution in [0.15, 0.2) is 35.5 Å². The second kappa shape index (κ2) is 5.20. The summed E-state index contributed by atoms with van der Waals surface area (Å²) in [5, 5.41) is 18.0. The summed E-state index contributed by atoms with van der Waals surface area (Å²) in [5.74, 6) is 0. The Morgan fingerprint density at radius 1 is 1.30 bits per heavy atom. The minimum Gasteiger partial charge on any atom is -0.352 e. The van der Waals surface area contributed by atoms with Crippen molar-refractivity contribution >= 4 is 23.0 Å². The van der Waals surface area contributed by atoms with Crippen molar-refractivity contribution in [1.29, 1.82) is 0 Å². The van der Waals surface area contributed by atoms with Gasteiger partial charge in [-0.15, -0.1) is 0 Å². The van der Waals surface area contributed by atoms with Gasteiger partial charge in [-0.2, -0.15) is 0 Å². The summed E-state index contributed by atoms with van der Waals surface area (Å²) in [4.78, 5) is 10.6. The van der Waals surface area contributed by atoms with Crippen LogP contribution in [0, 0.1) is 10.1 Å². The van der Waals surface area contributed by atoms with Crippen LogP contribution in [0.2, 0.25) is 0 Å². The molecule has 1 heterocycles. The van der Waals surface area contributed by atoms with Gasteiger partial charge in [0.15, 0.2) is 5.11 Å². The van der Waals surface area contributed by atoms with Gasteiger partial charge in [-0.1, -0.05) is 12.1 Å². The van der Waals surface area contributed by atoms with Crippen LogP contribution in [0.1, 0.15) is 37.3 Å². The van der Waals surface area contributed by atoms with E-state index >= 15 is 0 Å². The number of non-ortho nitro benzene ring substituents is 1. The fourth-order valence-electron chi connectivity index (χ4n) is 2.88. The van der Waals surface area contributed by atoms with Gasteiger partial charge < -0.3 is 10.6 Å². The first-order valence-corrected chi connectivity index (χ1v) is 7.10. The van der Waals surface area contributed by atoms with E-state index in [0.717, 1.165) is 31.2 Å². The molecule has 1 aliphatic carbocycles. The molecule has 5 nitrogen and oxygen atoms in total. The maximum absolute atomic E-state index is 10.9. The molecule has 1 aromatic rings. The highest BCUT2D eigenvalue weighted by Gasteiger charge is 2.28. The number of rotatable bonds is 2. The van der Waals surface area contributed by atoms with Crippen molar-refractivity contribution in [2.75, 3.05) is 0 Å². The van der Waals surface area contributed by atoms with Crippen LogP contribution in [-0.2, 0) is 0 Å². The normalized spacial score (nSPS) is 21.8. The highest BCUT2D eigenvalue weighted by Crippen LogP contribution is 2.36. The van der Waals surface area contributed by atoms with Crippen LogP contribution < -0.4 is 10.6 Å². The molecule has 1 aromatic carbocycles. The number of allylic oxidation sites excluding steroid dienone is 1. The zero-order valence-corrected chi connectivity index (χ0v) is 11.7. The van der Waals surface area contributed by atoms with E-state index < -0.39 is 0 Å². The van der Waals surface area contributed by atoms with Gasteiger partial charge in [0.2, 0.25) is 0 Å². The summed E-state index contributed by atoms with van der Waals surface area (Å²) < 4.78 is 0. The van der Waals surface area contributed by atoms with E-state index in [9.17, 15) is 10.1 Å². The standard InChI is InChI=1S/C14H15N3O2S/c18-17(19)10-5-3-4-9(8-10)13-11-6-1-2-7-12(11)15-14(20)16-13/h3-5,8,13H,1-2,6-7H2,(H2,15,16,20). The van der Waals surface area contributed by atoms with Crippen molar-refractivity contribution in [2.24, 2.45) is 0 Å². The molecule has 0 amide bonds. The van der Waals surface area contributed by atoms with Crippen molar-refractivity contribution in [1.82, 2.24) is 10.6 Å². The smallest absolute Gasteiger partial charge is 0.269 e. The third-order valence-corrected chi connectivity index (χ3v) is 4.03. The molecule has 1 aliphatic heterocycles. The minimum absolute atomic E-state index is 0.0426. The topological polar surface area (TPSA) is 67.2 Å². The first-order valence-electron chi connectivity index (χ1n) is 6.69. The van der Waals surface area contributed by atoms with Gasteiger partial charge >= 0.3 is 0 Å². The number of nitro benzene ring substituents is 1. The van der Waals surface area contributed by atoms with Gasteiger partial charge in [-0.3, -0.25) is 10.1 Å². The molecule has 104 valence electrons. The first kappa shape index (κ1) is 13.1. The number of thiocarbonyl (C=S) groups is 1. The summed E-state index contributed by atoms with van der Waals surface area (Å²) >= 11 is 5.25. The fourth-order valence-corrected chi connectivity index (χ4v) is 3.12. The largest absolute Gasteiger partial charge is 0.352 e. The van der Waals surface area contributed by atoms with Crippen LogP contribution in [0.3, 0.4) is 0 Å². The molecule has 0 spiro atoms. The lowest BCUT2D eigenvalue weighted by Gasteiger charge is -2.34. The van der Waals surface area contributed by atoms with Gasteiger partial charge in [0.25, 0.3) is 5.69 Å². The van der Waals surface area contributed by atoms with E-state index in [1.165, 1.54) is 17.3 Å². The highest BCUT2D eigenvalue weighted by atomic mass is 32.1. The van der Waals surface area contributed by atoms with E-state index in [2.05, 4.69) is 10.6 Å². The van der Waals surface area contributed by atoms with Crippen molar-refractivity contribution in [2.45, 2.75) is 31.7 Å². The SMILES string of the molecule is O=[N+]([O-])c1cccc(C2NC(=S)NC3=C2CCCC3)c1. The molecule has 0 saturated heterocycles. The Morgan fingerprint density at radius 3 is 2.90 bits per heavy atom. The number of nitro groups is 1. The minimum atomic E-state index is -0.362. The van der Waals surface area contributed by atoms with Crippen molar-refractivity contribution < 1.29 is 4.92 Å². The number of hydrogen-bond donors (Lipinski definition) is 2. The molecule has 0 radical (unpaired) electrons. The Bertz CT molecular complexity index is 612. The summed E-state index contributed by atoms with van der Waals surface area (Å²) in [6.07, 6.45) is 4.32. The van der Waals surface area contributed by atoms with Crippen molar-refractivity contribution in [3.63, 3.8) is 0 Å². The van der Waals surface area contributed by atoms with Crippen LogP contribution in [0.25, 0.3) is 0 Å². The van der Waals surface area contributed by atoms with Crippen LogP contribution in [-0.4, -0.2) is 10.0 Å². The molecule has 0 bridgehead atoms. The van der Waals surface area contributed by atoms with Crippen LogP contribution in [0.5, 0.6) is 0 Å². The Morgan fingerprint density at radius 2 is 2.10 bits per heavy atom. The predicted molar refractivity (Wildman–Crippen MR) is 80.2 cm³/mol. The molecular formula is C14H15N3O2S. The lowest BCUT2D eigenvalue weighted by Crippen LogP contribution is -2.44. The molecule has 0 saturated carbocycles. The Labute approximate surface area is 122 Å². The third kappa shape index (κ3) is 2.38. The Hall–Kier alpha value is -1.95. The molecule has 6 heteroatoms. The van der Waals surface area contributed by atoms with E-state index in [1.807, 2.05) is 6.07 Å². The van der Waals surface area contributed by atoms with E-state index in [0.29, 0.717) is 5.11 Å².